The van der Waals surface area contributed by atoms with Gasteiger partial charge in [0.25, 0.3) is 0 Å². The van der Waals surface area contributed by atoms with Crippen LogP contribution in [0.25, 0.3) is 11.0 Å². The number of hydrogen-bond acceptors (Lipinski definition) is 1. The first kappa shape index (κ1) is 13.7. The van der Waals surface area contributed by atoms with Gasteiger partial charge in [0.05, 0.1) is 11.0 Å². The van der Waals surface area contributed by atoms with Gasteiger partial charge >= 0.3 is 0 Å². The molecular formula is C15H18ClIN2. The average Bonchev–Trinajstić information content (AvgIpc) is 3.03. The molecule has 1 aliphatic rings. The number of alkyl halides is 1. The number of nitrogens with zero attached hydrogens (tertiary/aromatic N) is 2. The van der Waals surface area contributed by atoms with E-state index in [1.807, 2.05) is 0 Å². The normalized spacial score (nSPS) is 22.1. The third kappa shape index (κ3) is 2.64. The molecule has 0 bridgehead atoms. The highest BCUT2D eigenvalue weighted by Gasteiger charge is 2.39. The Hall–Kier alpha value is -0.290. The Bertz CT molecular complexity index is 593. The standard InChI is InChI=1S/C15H18ClIN2/c1-2-3-10-8-14(10)19-13-5-4-11(17)9-12(13)18-15(19)6-7-16/h4-5,9-10,14H,2-3,6-8H2,1H3. The van der Waals surface area contributed by atoms with E-state index >= 15 is 0 Å². The van der Waals surface area contributed by atoms with Gasteiger partial charge in [-0.3, -0.25) is 0 Å². The van der Waals surface area contributed by atoms with E-state index in [4.69, 9.17) is 16.6 Å². The van der Waals surface area contributed by atoms with Gasteiger partial charge in [0.1, 0.15) is 5.82 Å². The molecule has 0 aliphatic heterocycles. The van der Waals surface area contributed by atoms with Crippen LogP contribution < -0.4 is 0 Å². The lowest BCUT2D eigenvalue weighted by Crippen LogP contribution is -2.04. The summed E-state index contributed by atoms with van der Waals surface area (Å²) in [6, 6.07) is 7.20. The summed E-state index contributed by atoms with van der Waals surface area (Å²) >= 11 is 8.28. The molecule has 1 heterocycles. The first-order valence-corrected chi connectivity index (χ1v) is 8.58. The van der Waals surface area contributed by atoms with E-state index in [-0.39, 0.29) is 0 Å². The molecule has 2 nitrogen and oxygen atoms in total. The van der Waals surface area contributed by atoms with Crippen LogP contribution in [0, 0.1) is 9.49 Å². The second kappa shape index (κ2) is 5.60. The number of imidazole rings is 1. The topological polar surface area (TPSA) is 17.8 Å². The first-order valence-electron chi connectivity index (χ1n) is 6.97. The van der Waals surface area contributed by atoms with Crippen molar-refractivity contribution in [3.05, 3.63) is 27.6 Å². The van der Waals surface area contributed by atoms with E-state index in [1.165, 1.54) is 28.3 Å². The summed E-state index contributed by atoms with van der Waals surface area (Å²) in [5.41, 5.74) is 2.40. The Kier molecular flexibility index (Phi) is 4.03. The van der Waals surface area contributed by atoms with Gasteiger partial charge in [-0.15, -0.1) is 11.6 Å². The van der Waals surface area contributed by atoms with Gasteiger partial charge in [-0.05, 0) is 59.5 Å². The van der Waals surface area contributed by atoms with Gasteiger partial charge in [0.2, 0.25) is 0 Å². The maximum Gasteiger partial charge on any atom is 0.111 e. The second-order valence-corrected chi connectivity index (χ2v) is 6.95. The van der Waals surface area contributed by atoms with Crippen LogP contribution in [-0.4, -0.2) is 15.4 Å². The summed E-state index contributed by atoms with van der Waals surface area (Å²) < 4.78 is 3.70. The van der Waals surface area contributed by atoms with Crippen molar-refractivity contribution in [2.75, 3.05) is 5.88 Å². The molecule has 1 aromatic heterocycles. The molecular weight excluding hydrogens is 371 g/mol. The van der Waals surface area contributed by atoms with E-state index in [2.05, 4.69) is 52.3 Å². The molecule has 19 heavy (non-hydrogen) atoms. The highest BCUT2D eigenvalue weighted by Crippen LogP contribution is 2.48. The molecule has 1 aromatic carbocycles. The van der Waals surface area contributed by atoms with Crippen LogP contribution in [0.2, 0.25) is 0 Å². The van der Waals surface area contributed by atoms with E-state index in [1.54, 1.807) is 0 Å². The Labute approximate surface area is 132 Å². The van der Waals surface area contributed by atoms with Gasteiger partial charge in [-0.1, -0.05) is 13.3 Å². The molecule has 0 radical (unpaired) electrons. The van der Waals surface area contributed by atoms with E-state index in [0.717, 1.165) is 23.7 Å². The Balaban J connectivity index is 2.02. The lowest BCUT2D eigenvalue weighted by atomic mass is 10.2. The van der Waals surface area contributed by atoms with Crippen molar-refractivity contribution in [1.82, 2.24) is 9.55 Å². The van der Waals surface area contributed by atoms with Crippen LogP contribution >= 0.6 is 34.2 Å². The fourth-order valence-corrected chi connectivity index (χ4v) is 3.63. The van der Waals surface area contributed by atoms with Crippen LogP contribution in [0.4, 0.5) is 0 Å². The van der Waals surface area contributed by atoms with Crippen molar-refractivity contribution in [2.45, 2.75) is 38.6 Å². The Morgan fingerprint density at radius 2 is 2.32 bits per heavy atom. The third-order valence-corrected chi connectivity index (χ3v) is 4.78. The quantitative estimate of drug-likeness (QED) is 0.532. The zero-order valence-electron chi connectivity index (χ0n) is 11.1. The minimum atomic E-state index is 0.644. The SMILES string of the molecule is CCCC1CC1n1c(CCCl)nc2cc(I)ccc21. The van der Waals surface area contributed by atoms with Crippen molar-refractivity contribution in [3.8, 4) is 0 Å². The summed E-state index contributed by atoms with van der Waals surface area (Å²) in [6.07, 6.45) is 4.77. The number of fused-ring (bicyclic) bond motifs is 1. The van der Waals surface area contributed by atoms with Gasteiger partial charge in [0, 0.05) is 21.9 Å². The van der Waals surface area contributed by atoms with E-state index < -0.39 is 0 Å². The Morgan fingerprint density at radius 3 is 3.05 bits per heavy atom. The molecule has 0 amide bonds. The number of aromatic nitrogens is 2. The molecule has 0 N–H and O–H groups in total. The number of rotatable bonds is 5. The maximum atomic E-state index is 5.93. The molecule has 4 heteroatoms. The summed E-state index contributed by atoms with van der Waals surface area (Å²) in [4.78, 5) is 4.79. The first-order chi connectivity index (χ1) is 9.24. The fourth-order valence-electron chi connectivity index (χ4n) is 2.98. The smallest absolute Gasteiger partial charge is 0.111 e. The second-order valence-electron chi connectivity index (χ2n) is 5.32. The molecule has 102 valence electrons. The third-order valence-electron chi connectivity index (χ3n) is 3.92. The molecule has 3 rings (SSSR count). The molecule has 1 aliphatic carbocycles. The zero-order valence-corrected chi connectivity index (χ0v) is 14.0. The number of halogens is 2. The maximum absolute atomic E-state index is 5.93. The number of benzene rings is 1. The summed E-state index contributed by atoms with van der Waals surface area (Å²) in [5.74, 6) is 2.65. The average molecular weight is 389 g/mol. The van der Waals surface area contributed by atoms with Crippen molar-refractivity contribution < 1.29 is 0 Å². The molecule has 1 fully saturated rings. The fraction of sp³-hybridized carbons (Fsp3) is 0.533. The molecule has 2 aromatic rings. The van der Waals surface area contributed by atoms with E-state index in [9.17, 15) is 0 Å². The summed E-state index contributed by atoms with van der Waals surface area (Å²) in [6.45, 7) is 2.27. The van der Waals surface area contributed by atoms with Crippen LogP contribution in [0.15, 0.2) is 18.2 Å². The van der Waals surface area contributed by atoms with Gasteiger partial charge < -0.3 is 4.57 Å². The predicted octanol–water partition coefficient (Wildman–Crippen LogP) is 4.78. The highest BCUT2D eigenvalue weighted by molar-refractivity contribution is 14.1. The minimum absolute atomic E-state index is 0.644. The van der Waals surface area contributed by atoms with Gasteiger partial charge in [0.15, 0.2) is 0 Å². The largest absolute Gasteiger partial charge is 0.325 e. The van der Waals surface area contributed by atoms with Crippen LogP contribution in [-0.2, 0) is 6.42 Å². The lowest BCUT2D eigenvalue weighted by Gasteiger charge is -2.08. The molecule has 2 unspecified atom stereocenters. The van der Waals surface area contributed by atoms with Crippen LogP contribution in [0.1, 0.15) is 38.1 Å². The van der Waals surface area contributed by atoms with Crippen molar-refractivity contribution in [1.29, 1.82) is 0 Å². The predicted molar refractivity (Wildman–Crippen MR) is 88.9 cm³/mol. The van der Waals surface area contributed by atoms with Gasteiger partial charge in [-0.25, -0.2) is 4.98 Å². The molecule has 1 saturated carbocycles. The minimum Gasteiger partial charge on any atom is -0.325 e. The summed E-state index contributed by atoms with van der Waals surface area (Å²) in [7, 11) is 0. The van der Waals surface area contributed by atoms with Crippen molar-refractivity contribution in [3.63, 3.8) is 0 Å². The highest BCUT2D eigenvalue weighted by atomic mass is 127. The summed E-state index contributed by atoms with van der Waals surface area (Å²) in [5, 5.41) is 0. The van der Waals surface area contributed by atoms with Crippen molar-refractivity contribution in [2.24, 2.45) is 5.92 Å². The monoisotopic (exact) mass is 388 g/mol. The molecule has 0 saturated heterocycles. The Morgan fingerprint density at radius 1 is 1.47 bits per heavy atom. The van der Waals surface area contributed by atoms with Crippen LogP contribution in [0.3, 0.4) is 0 Å². The lowest BCUT2D eigenvalue weighted by molar-refractivity contribution is 0.600. The number of aryl methyl sites for hydroxylation is 1. The van der Waals surface area contributed by atoms with Crippen molar-refractivity contribution >= 4 is 45.2 Å². The van der Waals surface area contributed by atoms with Gasteiger partial charge in [-0.2, -0.15) is 0 Å². The molecule has 0 spiro atoms. The molecule has 2 atom stereocenters. The van der Waals surface area contributed by atoms with E-state index in [0.29, 0.717) is 11.9 Å². The zero-order chi connectivity index (χ0) is 13.4. The van der Waals surface area contributed by atoms with Crippen LogP contribution in [0.5, 0.6) is 0 Å². The number of hydrogen-bond donors (Lipinski definition) is 0.